The van der Waals surface area contributed by atoms with Gasteiger partial charge in [0.05, 0.1) is 31.5 Å². The largest absolute Gasteiger partial charge is 0.509 e. The first-order valence-electron chi connectivity index (χ1n) is 29.8. The number of rotatable bonds is 13. The molecule has 3 N–H and O–H groups in total. The van der Waals surface area contributed by atoms with Crippen LogP contribution in [0.25, 0.3) is 0 Å². The number of carbonyl (C=O) groups is 7. The van der Waals surface area contributed by atoms with Crippen LogP contribution < -0.4 is 0 Å². The number of ketones is 3. The Morgan fingerprint density at radius 2 is 1.54 bits per heavy atom. The van der Waals surface area contributed by atoms with Crippen molar-refractivity contribution < 1.29 is 101 Å². The third-order valence-electron chi connectivity index (χ3n) is 17.0. The Hall–Kier alpha value is -4.91. The number of esters is 1. The van der Waals surface area contributed by atoms with E-state index in [1.165, 1.54) is 20.3 Å². The van der Waals surface area contributed by atoms with Gasteiger partial charge in [0.15, 0.2) is 23.8 Å². The van der Waals surface area contributed by atoms with E-state index in [0.29, 0.717) is 57.8 Å². The number of piperidine rings is 1. The minimum Gasteiger partial charge on any atom is -0.460 e. The number of aliphatic hydroxyl groups is 3. The molecule has 4 fully saturated rings. The average Bonchev–Trinajstić information content (AvgIpc) is 3.37. The van der Waals surface area contributed by atoms with Crippen molar-refractivity contribution in [1.82, 2.24) is 4.90 Å². The van der Waals surface area contributed by atoms with Crippen molar-refractivity contribution in [2.24, 2.45) is 35.5 Å². The molecule has 0 aromatic rings. The SMILES string of the molecule is CO[C@H]1CC2CC[C@@H](C)[C@@](O)(O2)C(=O)C(=O)N2CCCCC2C(=O)O[C@H]([C@@H](C)C[C@@H]2CC[C@@H](OC(=O)OCC3COC(C)(C)O3)[C@H](OC)C2)CC(=O)[C@H](C)/C=C(\C)[C@@H](OC(=O)OCC(O)CO)[C@@H](OC)C(=O)[C@H](C)C[C@H](C)/C=C/C=C/C=C/1C. The molecule has 0 aromatic carbocycles. The highest BCUT2D eigenvalue weighted by atomic mass is 16.8. The minimum absolute atomic E-state index is 0.0105. The number of nitrogens with zero attached hydrogens (tertiary/aromatic N) is 1. The second kappa shape index (κ2) is 32.7. The predicted octanol–water partition coefficient (Wildman–Crippen LogP) is 7.01. The first-order chi connectivity index (χ1) is 39.7. The van der Waals surface area contributed by atoms with Gasteiger partial charge in [-0.05, 0) is 121 Å². The van der Waals surface area contributed by atoms with Crippen molar-refractivity contribution in [2.45, 2.75) is 212 Å². The highest BCUT2D eigenvalue weighted by Gasteiger charge is 2.53. The lowest BCUT2D eigenvalue weighted by atomic mass is 9.78. The standard InChI is InChI=1S/C62H95NO21/c1-36-18-14-13-15-19-37(2)50(74-10)30-45-23-21-42(7)62(73,84-45)56(68)57(69)63-25-17-16-20-47(63)58(70)80-51(39(4)28-43-22-24-49(52(29-43)75-11)81-59(71)78-34-46-35-79-61(8,9)83-46)31-48(66)38(3)27-41(6)54(55(76-12)53(67)40(5)26-36)82-60(72)77-33-44(65)32-64/h13-15,18-19,27,36,38-40,42-47,49-52,54-55,64-65,73H,16-17,20-26,28-35H2,1-12H3/b15-13+,18-14+,37-19+,41-27+/t36-,38-,39+,40-,42-,43+,44?,45?,46?,47?,49-,50+,51+,52-,54-,55+,62-/m1/s1. The Morgan fingerprint density at radius 3 is 2.20 bits per heavy atom. The molecule has 22 nitrogen and oxygen atoms in total. The molecule has 0 spiro atoms. The molecular weight excluding hydrogens is 1090 g/mol. The van der Waals surface area contributed by atoms with Crippen LogP contribution in [-0.2, 0) is 76.1 Å². The molecule has 1 amide bonds. The number of carbonyl (C=O) groups excluding carboxylic acids is 7. The molecule has 1 aliphatic carbocycles. The van der Waals surface area contributed by atoms with Gasteiger partial charge in [-0.2, -0.15) is 0 Å². The average molecular weight is 1190 g/mol. The molecule has 4 unspecified atom stereocenters. The van der Waals surface area contributed by atoms with Gasteiger partial charge in [0.1, 0.15) is 49.5 Å². The highest BCUT2D eigenvalue weighted by Crippen LogP contribution is 2.38. The molecule has 0 aromatic heterocycles. The molecule has 84 heavy (non-hydrogen) atoms. The summed E-state index contributed by atoms with van der Waals surface area (Å²) in [4.78, 5) is 99.9. The van der Waals surface area contributed by atoms with E-state index < -0.39 is 151 Å². The third kappa shape index (κ3) is 19.8. The van der Waals surface area contributed by atoms with E-state index in [2.05, 4.69) is 0 Å². The second-order valence-electron chi connectivity index (χ2n) is 24.2. The summed E-state index contributed by atoms with van der Waals surface area (Å²) >= 11 is 0. The van der Waals surface area contributed by atoms with Gasteiger partial charge >= 0.3 is 18.3 Å². The maximum absolute atomic E-state index is 14.8. The van der Waals surface area contributed by atoms with Crippen LogP contribution in [0.1, 0.15) is 139 Å². The number of methoxy groups -OCH3 is 3. The molecule has 3 saturated heterocycles. The van der Waals surface area contributed by atoms with E-state index in [4.69, 9.17) is 52.1 Å². The first kappa shape index (κ1) is 69.9. The van der Waals surface area contributed by atoms with Crippen molar-refractivity contribution in [3.05, 3.63) is 47.6 Å². The summed E-state index contributed by atoms with van der Waals surface area (Å²) in [5, 5.41) is 31.4. The van der Waals surface area contributed by atoms with Crippen LogP contribution in [0.4, 0.5) is 9.59 Å². The van der Waals surface area contributed by atoms with Crippen molar-refractivity contribution in [3.8, 4) is 0 Å². The topological polar surface area (TPSA) is 285 Å². The zero-order valence-corrected chi connectivity index (χ0v) is 51.4. The van der Waals surface area contributed by atoms with Crippen molar-refractivity contribution >= 4 is 41.5 Å². The maximum atomic E-state index is 14.8. The lowest BCUT2D eigenvalue weighted by molar-refractivity contribution is -0.265. The van der Waals surface area contributed by atoms with Crippen LogP contribution >= 0.6 is 0 Å². The van der Waals surface area contributed by atoms with E-state index in [9.17, 15) is 48.9 Å². The van der Waals surface area contributed by atoms with Crippen LogP contribution in [0.15, 0.2) is 47.6 Å². The van der Waals surface area contributed by atoms with Crippen molar-refractivity contribution in [3.63, 3.8) is 0 Å². The molecular formula is C62H95NO21. The highest BCUT2D eigenvalue weighted by molar-refractivity contribution is 6.39. The smallest absolute Gasteiger partial charge is 0.460 e. The Morgan fingerprint density at radius 1 is 0.810 bits per heavy atom. The van der Waals surface area contributed by atoms with Gasteiger partial charge in [-0.3, -0.25) is 19.2 Å². The summed E-state index contributed by atoms with van der Waals surface area (Å²) in [6.07, 6.45) is 4.69. The number of cyclic esters (lactones) is 1. The normalized spacial score (nSPS) is 36.6. The molecule has 5 aliphatic rings. The van der Waals surface area contributed by atoms with Crippen LogP contribution in [0.2, 0.25) is 0 Å². The Balaban J connectivity index is 1.48. The van der Waals surface area contributed by atoms with Gasteiger partial charge in [-0.15, -0.1) is 0 Å². The summed E-state index contributed by atoms with van der Waals surface area (Å²) in [6, 6.07) is -1.25. The Kier molecular flexibility index (Phi) is 27.2. The zero-order valence-electron chi connectivity index (χ0n) is 51.4. The quantitative estimate of drug-likeness (QED) is 0.0723. The van der Waals surface area contributed by atoms with Crippen molar-refractivity contribution in [1.29, 1.82) is 0 Å². The van der Waals surface area contributed by atoms with Crippen LogP contribution in [0.5, 0.6) is 0 Å². The molecule has 474 valence electrons. The molecule has 4 aliphatic heterocycles. The predicted molar refractivity (Wildman–Crippen MR) is 304 cm³/mol. The zero-order chi connectivity index (χ0) is 62.1. The number of fused-ring (bicyclic) bond motifs is 3. The van der Waals surface area contributed by atoms with Gasteiger partial charge in [-0.25, -0.2) is 14.4 Å². The maximum Gasteiger partial charge on any atom is 0.509 e. The number of hydrogen-bond donors (Lipinski definition) is 3. The summed E-state index contributed by atoms with van der Waals surface area (Å²) in [5.74, 6) is -10.3. The lowest BCUT2D eigenvalue weighted by Gasteiger charge is -2.42. The number of hydrogen-bond acceptors (Lipinski definition) is 21. The number of ether oxygens (including phenoxy) is 11. The first-order valence-corrected chi connectivity index (χ1v) is 29.8. The van der Waals surface area contributed by atoms with Gasteiger partial charge in [0.25, 0.3) is 11.7 Å². The van der Waals surface area contributed by atoms with E-state index in [1.54, 1.807) is 48.7 Å². The fourth-order valence-electron chi connectivity index (χ4n) is 11.9. The summed E-state index contributed by atoms with van der Waals surface area (Å²) in [7, 11) is 4.36. The third-order valence-corrected chi connectivity index (χ3v) is 17.0. The van der Waals surface area contributed by atoms with E-state index >= 15 is 0 Å². The minimum atomic E-state index is -2.50. The molecule has 5 rings (SSSR count). The molecule has 22 heteroatoms. The number of Topliss-reactive ketones (excluding diaryl/α,β-unsaturated/α-hetero) is 3. The van der Waals surface area contributed by atoms with Crippen LogP contribution in [0, 0.1) is 35.5 Å². The van der Waals surface area contributed by atoms with Crippen LogP contribution in [0.3, 0.4) is 0 Å². The summed E-state index contributed by atoms with van der Waals surface area (Å²) in [5.41, 5.74) is 1.07. The molecule has 17 atom stereocenters. The van der Waals surface area contributed by atoms with Gasteiger partial charge in [-0.1, -0.05) is 71.1 Å². The lowest BCUT2D eigenvalue weighted by Crippen LogP contribution is -2.61. The fourth-order valence-corrected chi connectivity index (χ4v) is 11.9. The molecule has 2 bridgehead atoms. The fraction of sp³-hybridized carbons (Fsp3) is 0.758. The molecule has 0 radical (unpaired) electrons. The summed E-state index contributed by atoms with van der Waals surface area (Å²) < 4.78 is 63.3. The Bertz CT molecular complexity index is 2350. The van der Waals surface area contributed by atoms with E-state index in [-0.39, 0.29) is 56.4 Å². The number of aliphatic hydroxyl groups excluding tert-OH is 2. The van der Waals surface area contributed by atoms with Gasteiger partial charge < -0.3 is 72.3 Å². The molecule has 4 heterocycles. The molecule has 1 saturated carbocycles. The second-order valence-corrected chi connectivity index (χ2v) is 24.2. The van der Waals surface area contributed by atoms with Crippen LogP contribution in [-0.4, -0.2) is 189 Å². The van der Waals surface area contributed by atoms with Crippen molar-refractivity contribution in [2.75, 3.05) is 54.3 Å². The Labute approximate surface area is 495 Å². The van der Waals surface area contributed by atoms with E-state index in [1.807, 2.05) is 51.2 Å². The monoisotopic (exact) mass is 1190 g/mol. The summed E-state index contributed by atoms with van der Waals surface area (Å²) in [6.45, 7) is 14.7. The van der Waals surface area contributed by atoms with Gasteiger partial charge in [0.2, 0.25) is 5.79 Å². The number of amides is 1. The van der Waals surface area contributed by atoms with E-state index in [0.717, 1.165) is 10.5 Å². The van der Waals surface area contributed by atoms with Gasteiger partial charge in [0, 0.05) is 58.5 Å². The number of allylic oxidation sites excluding steroid dienone is 6.